The largest absolute Gasteiger partial charge is 0.405 e. The molecule has 5 nitrogen and oxygen atoms in total. The molecular formula is C11H27N5. The Morgan fingerprint density at radius 3 is 2.06 bits per heavy atom. The van der Waals surface area contributed by atoms with Crippen LogP contribution in [0, 0.1) is 0 Å². The van der Waals surface area contributed by atoms with Gasteiger partial charge in [-0.25, -0.2) is 0 Å². The van der Waals surface area contributed by atoms with E-state index in [9.17, 15) is 0 Å². The Balaban J connectivity index is 2.88. The monoisotopic (exact) mass is 229 g/mol. The van der Waals surface area contributed by atoms with Crippen LogP contribution < -0.4 is 27.4 Å². The van der Waals surface area contributed by atoms with Gasteiger partial charge in [-0.15, -0.1) is 0 Å². The second-order valence-electron chi connectivity index (χ2n) is 3.63. The van der Waals surface area contributed by atoms with Gasteiger partial charge in [0.25, 0.3) is 0 Å². The molecule has 0 aromatic rings. The van der Waals surface area contributed by atoms with Gasteiger partial charge in [0.05, 0.1) is 0 Å². The second kappa shape index (κ2) is 14.4. The molecular weight excluding hydrogens is 202 g/mol. The van der Waals surface area contributed by atoms with Crippen LogP contribution in [-0.4, -0.2) is 45.8 Å². The first-order valence-corrected chi connectivity index (χ1v) is 6.10. The average molecular weight is 229 g/mol. The van der Waals surface area contributed by atoms with Crippen LogP contribution in [0.2, 0.25) is 0 Å². The van der Waals surface area contributed by atoms with Crippen molar-refractivity contribution >= 4 is 0 Å². The van der Waals surface area contributed by atoms with Crippen LogP contribution >= 0.6 is 0 Å². The molecule has 0 spiro atoms. The maximum Gasteiger partial charge on any atom is 0.0151 e. The lowest BCUT2D eigenvalue weighted by Crippen LogP contribution is -2.30. The lowest BCUT2D eigenvalue weighted by molar-refractivity contribution is 0.576. The van der Waals surface area contributed by atoms with E-state index in [-0.39, 0.29) is 0 Å². The maximum absolute atomic E-state index is 5.38. The number of rotatable bonds is 12. The molecule has 0 atom stereocenters. The van der Waals surface area contributed by atoms with Crippen LogP contribution in [-0.2, 0) is 0 Å². The van der Waals surface area contributed by atoms with Crippen molar-refractivity contribution in [3.05, 3.63) is 12.3 Å². The molecule has 0 bridgehead atoms. The van der Waals surface area contributed by atoms with Gasteiger partial charge in [0.1, 0.15) is 0 Å². The van der Waals surface area contributed by atoms with Gasteiger partial charge < -0.3 is 27.4 Å². The van der Waals surface area contributed by atoms with Gasteiger partial charge in [-0.05, 0) is 45.2 Å². The Bertz CT molecular complexity index is 149. The third-order valence-corrected chi connectivity index (χ3v) is 2.14. The van der Waals surface area contributed by atoms with Gasteiger partial charge in [0.15, 0.2) is 0 Å². The highest BCUT2D eigenvalue weighted by Gasteiger charge is 1.88. The molecule has 0 saturated heterocycles. The highest BCUT2D eigenvalue weighted by Crippen LogP contribution is 1.74. The molecule has 5 heteroatoms. The predicted octanol–water partition coefficient (Wildman–Crippen LogP) is -1.03. The Kier molecular flexibility index (Phi) is 13.8. The summed E-state index contributed by atoms with van der Waals surface area (Å²) < 4.78 is 0. The Labute approximate surface area is 99.0 Å². The Morgan fingerprint density at radius 2 is 1.44 bits per heavy atom. The molecule has 0 saturated carbocycles. The summed E-state index contributed by atoms with van der Waals surface area (Å²) in [5.74, 6) is 0. The Morgan fingerprint density at radius 1 is 0.812 bits per heavy atom. The van der Waals surface area contributed by atoms with Gasteiger partial charge >= 0.3 is 0 Å². The van der Waals surface area contributed by atoms with E-state index >= 15 is 0 Å². The van der Waals surface area contributed by atoms with Gasteiger partial charge in [-0.2, -0.15) is 0 Å². The number of hydrogen-bond acceptors (Lipinski definition) is 5. The topological polar surface area (TPSA) is 88.1 Å². The summed E-state index contributed by atoms with van der Waals surface area (Å²) in [5.41, 5.74) is 10.6. The SMILES string of the molecule is N/C=C/CNCCCNCCNCCCN. The van der Waals surface area contributed by atoms with Crippen molar-refractivity contribution in [2.75, 3.05) is 45.8 Å². The van der Waals surface area contributed by atoms with E-state index in [1.54, 1.807) is 6.20 Å². The van der Waals surface area contributed by atoms with Crippen molar-refractivity contribution in [2.24, 2.45) is 11.5 Å². The van der Waals surface area contributed by atoms with E-state index in [0.717, 1.165) is 58.7 Å². The second-order valence-corrected chi connectivity index (χ2v) is 3.63. The highest BCUT2D eigenvalue weighted by atomic mass is 14.9. The van der Waals surface area contributed by atoms with Crippen molar-refractivity contribution in [3.63, 3.8) is 0 Å². The molecule has 0 radical (unpaired) electrons. The smallest absolute Gasteiger partial charge is 0.0151 e. The number of nitrogens with one attached hydrogen (secondary N) is 3. The highest BCUT2D eigenvalue weighted by molar-refractivity contribution is 4.77. The molecule has 16 heavy (non-hydrogen) atoms. The summed E-state index contributed by atoms with van der Waals surface area (Å²) in [4.78, 5) is 0. The van der Waals surface area contributed by atoms with Crippen molar-refractivity contribution in [3.8, 4) is 0 Å². The van der Waals surface area contributed by atoms with Crippen molar-refractivity contribution in [1.82, 2.24) is 16.0 Å². The van der Waals surface area contributed by atoms with Crippen LogP contribution in [0.3, 0.4) is 0 Å². The molecule has 96 valence electrons. The number of nitrogens with two attached hydrogens (primary N) is 2. The molecule has 0 heterocycles. The average Bonchev–Trinajstić information content (AvgIpc) is 2.31. The molecule has 7 N–H and O–H groups in total. The minimum absolute atomic E-state index is 0.767. The van der Waals surface area contributed by atoms with Gasteiger partial charge in [-0.3, -0.25) is 0 Å². The molecule has 0 aliphatic rings. The van der Waals surface area contributed by atoms with Gasteiger partial charge in [-0.1, -0.05) is 6.08 Å². The lowest BCUT2D eigenvalue weighted by atomic mass is 10.4. The summed E-state index contributed by atoms with van der Waals surface area (Å²) in [5, 5.41) is 9.97. The third kappa shape index (κ3) is 13.4. The minimum atomic E-state index is 0.767. The summed E-state index contributed by atoms with van der Waals surface area (Å²) in [6.07, 6.45) is 5.67. The molecule has 0 rings (SSSR count). The fraction of sp³-hybridized carbons (Fsp3) is 0.818. The fourth-order valence-electron chi connectivity index (χ4n) is 1.25. The first kappa shape index (κ1) is 15.4. The summed E-state index contributed by atoms with van der Waals surface area (Å²) in [7, 11) is 0. The summed E-state index contributed by atoms with van der Waals surface area (Å²) >= 11 is 0. The van der Waals surface area contributed by atoms with E-state index in [0.29, 0.717) is 0 Å². The van der Waals surface area contributed by atoms with Gasteiger partial charge in [0.2, 0.25) is 0 Å². The van der Waals surface area contributed by atoms with Crippen LogP contribution in [0.5, 0.6) is 0 Å². The van der Waals surface area contributed by atoms with Crippen LogP contribution in [0.4, 0.5) is 0 Å². The van der Waals surface area contributed by atoms with Crippen LogP contribution in [0.15, 0.2) is 12.3 Å². The zero-order chi connectivity index (χ0) is 11.9. The molecule has 0 unspecified atom stereocenters. The van der Waals surface area contributed by atoms with Crippen LogP contribution in [0.25, 0.3) is 0 Å². The molecule has 0 aliphatic carbocycles. The normalized spacial score (nSPS) is 11.3. The lowest BCUT2D eigenvalue weighted by Gasteiger charge is -2.06. The molecule has 0 fully saturated rings. The summed E-state index contributed by atoms with van der Waals surface area (Å²) in [6.45, 7) is 6.76. The predicted molar refractivity (Wildman–Crippen MR) is 70.2 cm³/mol. The Hall–Kier alpha value is -0.620. The third-order valence-electron chi connectivity index (χ3n) is 2.14. The quantitative estimate of drug-likeness (QED) is 0.276. The van der Waals surface area contributed by atoms with Crippen molar-refractivity contribution in [1.29, 1.82) is 0 Å². The molecule has 0 aliphatic heterocycles. The van der Waals surface area contributed by atoms with E-state index in [1.165, 1.54) is 0 Å². The first-order valence-electron chi connectivity index (χ1n) is 6.10. The number of hydrogen-bond donors (Lipinski definition) is 5. The minimum Gasteiger partial charge on any atom is -0.405 e. The first-order chi connectivity index (χ1) is 7.91. The van der Waals surface area contributed by atoms with Crippen molar-refractivity contribution < 1.29 is 0 Å². The maximum atomic E-state index is 5.38. The zero-order valence-corrected chi connectivity index (χ0v) is 10.2. The fourth-order valence-corrected chi connectivity index (χ4v) is 1.25. The van der Waals surface area contributed by atoms with E-state index < -0.39 is 0 Å². The molecule has 0 amide bonds. The van der Waals surface area contributed by atoms with E-state index in [2.05, 4.69) is 16.0 Å². The van der Waals surface area contributed by atoms with E-state index in [4.69, 9.17) is 11.5 Å². The summed E-state index contributed by atoms with van der Waals surface area (Å²) in [6, 6.07) is 0. The van der Waals surface area contributed by atoms with E-state index in [1.807, 2.05) is 6.08 Å². The van der Waals surface area contributed by atoms with Crippen LogP contribution in [0.1, 0.15) is 12.8 Å². The van der Waals surface area contributed by atoms with Gasteiger partial charge in [0, 0.05) is 19.6 Å². The molecule has 0 aromatic carbocycles. The molecule has 0 aromatic heterocycles. The standard InChI is InChI=1S/C11H27N5/c12-4-1-6-14-8-3-9-16-11-10-15-7-2-5-13/h1,4,14-16H,2-3,5-13H2/b4-1+. The zero-order valence-electron chi connectivity index (χ0n) is 10.2. The van der Waals surface area contributed by atoms with Crippen molar-refractivity contribution in [2.45, 2.75) is 12.8 Å².